The van der Waals surface area contributed by atoms with Crippen LogP contribution in [0.5, 0.6) is 0 Å². The van der Waals surface area contributed by atoms with Crippen LogP contribution in [0, 0.1) is 5.92 Å². The normalized spacial score (nSPS) is 15.0. The number of amides is 2. The van der Waals surface area contributed by atoms with Crippen molar-refractivity contribution in [1.82, 2.24) is 10.2 Å². The highest BCUT2D eigenvalue weighted by molar-refractivity contribution is 6.30. The zero-order chi connectivity index (χ0) is 23.5. The van der Waals surface area contributed by atoms with E-state index in [1.165, 1.54) is 0 Å². The number of piperidine rings is 1. The van der Waals surface area contributed by atoms with Gasteiger partial charge in [-0.1, -0.05) is 41.8 Å². The molecule has 0 aromatic heterocycles. The van der Waals surface area contributed by atoms with Crippen molar-refractivity contribution in [2.75, 3.05) is 31.5 Å². The zero-order valence-electron chi connectivity index (χ0n) is 18.7. The van der Waals surface area contributed by atoms with Gasteiger partial charge in [0.05, 0.1) is 0 Å². The highest BCUT2D eigenvalue weighted by atomic mass is 35.5. The third-order valence-electron chi connectivity index (χ3n) is 5.82. The molecule has 1 fully saturated rings. The first-order valence-corrected chi connectivity index (χ1v) is 12.3. The molecule has 0 spiro atoms. The van der Waals surface area contributed by atoms with Crippen LogP contribution < -0.4 is 10.6 Å². The fourth-order valence-electron chi connectivity index (χ4n) is 3.85. The molecule has 1 aliphatic heterocycles. The molecular formula is C26H31Cl2N3O2. The molecule has 1 saturated heterocycles. The van der Waals surface area contributed by atoms with E-state index in [2.05, 4.69) is 15.5 Å². The van der Waals surface area contributed by atoms with Gasteiger partial charge in [-0.2, -0.15) is 0 Å². The third-order valence-corrected chi connectivity index (χ3v) is 6.32. The Balaban J connectivity index is 1.23. The first-order valence-electron chi connectivity index (χ1n) is 11.5. The maximum Gasteiger partial charge on any atom is 0.243 e. The fourth-order valence-corrected chi connectivity index (χ4v) is 4.10. The Labute approximate surface area is 206 Å². The maximum atomic E-state index is 12.5. The van der Waals surface area contributed by atoms with E-state index >= 15 is 0 Å². The van der Waals surface area contributed by atoms with Crippen molar-refractivity contribution in [3.05, 3.63) is 70.2 Å². The number of hydrogen-bond donors (Lipinski definition) is 2. The van der Waals surface area contributed by atoms with Gasteiger partial charge in [0, 0.05) is 34.3 Å². The van der Waals surface area contributed by atoms with Crippen LogP contribution in [0.15, 0.2) is 54.6 Å². The van der Waals surface area contributed by atoms with Crippen LogP contribution in [0.25, 0.3) is 6.08 Å². The quantitative estimate of drug-likeness (QED) is 0.336. The second kappa shape index (κ2) is 13.4. The molecule has 0 saturated carbocycles. The Bertz CT molecular complexity index is 922. The first-order chi connectivity index (χ1) is 16.0. The molecule has 0 atom stereocenters. The smallest absolute Gasteiger partial charge is 0.243 e. The lowest BCUT2D eigenvalue weighted by molar-refractivity contribution is -0.121. The number of hydrogen-bond acceptors (Lipinski definition) is 3. The zero-order valence-corrected chi connectivity index (χ0v) is 20.2. The molecule has 7 heteroatoms. The number of carbonyl (C=O) groups excluding carboxylic acids is 2. The lowest BCUT2D eigenvalue weighted by Crippen LogP contribution is -2.38. The van der Waals surface area contributed by atoms with E-state index in [0.29, 0.717) is 16.6 Å². The van der Waals surface area contributed by atoms with Crippen molar-refractivity contribution in [2.45, 2.75) is 32.1 Å². The summed E-state index contributed by atoms with van der Waals surface area (Å²) in [5.41, 5.74) is 1.74. The predicted molar refractivity (Wildman–Crippen MR) is 137 cm³/mol. The van der Waals surface area contributed by atoms with E-state index in [-0.39, 0.29) is 17.7 Å². The number of anilines is 1. The first kappa shape index (κ1) is 25.3. The van der Waals surface area contributed by atoms with Crippen molar-refractivity contribution in [1.29, 1.82) is 0 Å². The molecule has 0 aliphatic carbocycles. The Kier molecular flexibility index (Phi) is 10.3. The average Bonchev–Trinajstić information content (AvgIpc) is 2.82. The number of unbranched alkanes of at least 4 members (excludes halogenated alkanes) is 2. The molecule has 3 rings (SSSR count). The summed E-state index contributed by atoms with van der Waals surface area (Å²) in [6.07, 6.45) is 8.23. The summed E-state index contributed by atoms with van der Waals surface area (Å²) in [5.74, 6) is 0.0785. The number of halogens is 2. The Hall–Kier alpha value is -2.34. The molecule has 0 unspecified atom stereocenters. The summed E-state index contributed by atoms with van der Waals surface area (Å²) in [6, 6.07) is 14.6. The summed E-state index contributed by atoms with van der Waals surface area (Å²) in [7, 11) is 0. The molecule has 2 N–H and O–H groups in total. The number of rotatable bonds is 10. The molecular weight excluding hydrogens is 457 g/mol. The van der Waals surface area contributed by atoms with Crippen LogP contribution in [0.3, 0.4) is 0 Å². The van der Waals surface area contributed by atoms with Crippen LogP contribution in [-0.2, 0) is 9.59 Å². The van der Waals surface area contributed by atoms with E-state index in [1.807, 2.05) is 24.3 Å². The Morgan fingerprint density at radius 2 is 1.55 bits per heavy atom. The second-order valence-corrected chi connectivity index (χ2v) is 9.22. The fraction of sp³-hybridized carbons (Fsp3) is 0.385. The number of nitrogens with zero attached hydrogens (tertiary/aromatic N) is 1. The van der Waals surface area contributed by atoms with Crippen molar-refractivity contribution in [3.8, 4) is 0 Å². The van der Waals surface area contributed by atoms with Gasteiger partial charge in [-0.25, -0.2) is 0 Å². The van der Waals surface area contributed by atoms with Crippen LogP contribution >= 0.6 is 23.2 Å². The molecule has 1 aliphatic rings. The van der Waals surface area contributed by atoms with Crippen LogP contribution in [0.1, 0.15) is 37.7 Å². The van der Waals surface area contributed by atoms with Gasteiger partial charge in [0.2, 0.25) is 11.8 Å². The van der Waals surface area contributed by atoms with Gasteiger partial charge >= 0.3 is 0 Å². The number of likely N-dealkylation sites (tertiary alicyclic amines) is 1. The largest absolute Gasteiger partial charge is 0.353 e. The van der Waals surface area contributed by atoms with E-state index in [0.717, 1.165) is 63.0 Å². The average molecular weight is 488 g/mol. The van der Waals surface area contributed by atoms with E-state index in [1.54, 1.807) is 36.4 Å². The van der Waals surface area contributed by atoms with Gasteiger partial charge in [-0.15, -0.1) is 0 Å². The van der Waals surface area contributed by atoms with Gasteiger partial charge in [-0.05, 0) is 93.4 Å². The molecule has 2 aromatic rings. The minimum Gasteiger partial charge on any atom is -0.353 e. The van der Waals surface area contributed by atoms with Crippen molar-refractivity contribution in [3.63, 3.8) is 0 Å². The van der Waals surface area contributed by atoms with Crippen LogP contribution in [0.2, 0.25) is 10.0 Å². The molecule has 0 bridgehead atoms. The molecule has 0 radical (unpaired) electrons. The minimum absolute atomic E-state index is 0.0630. The minimum atomic E-state index is -0.0797. The molecule has 176 valence electrons. The molecule has 2 amide bonds. The van der Waals surface area contributed by atoms with Crippen LogP contribution in [-0.4, -0.2) is 42.9 Å². The monoisotopic (exact) mass is 487 g/mol. The highest BCUT2D eigenvalue weighted by Gasteiger charge is 2.24. The molecule has 5 nitrogen and oxygen atoms in total. The second-order valence-electron chi connectivity index (χ2n) is 8.35. The van der Waals surface area contributed by atoms with Crippen LogP contribution in [0.4, 0.5) is 5.69 Å². The third kappa shape index (κ3) is 9.20. The predicted octanol–water partition coefficient (Wildman–Crippen LogP) is 5.64. The van der Waals surface area contributed by atoms with Crippen molar-refractivity contribution in [2.24, 2.45) is 5.92 Å². The van der Waals surface area contributed by atoms with Gasteiger partial charge < -0.3 is 15.5 Å². The van der Waals surface area contributed by atoms with Crippen molar-refractivity contribution < 1.29 is 9.59 Å². The van der Waals surface area contributed by atoms with Gasteiger partial charge in [0.25, 0.3) is 0 Å². The summed E-state index contributed by atoms with van der Waals surface area (Å²) in [5, 5.41) is 7.26. The summed E-state index contributed by atoms with van der Waals surface area (Å²) >= 11 is 11.7. The lowest BCUT2D eigenvalue weighted by atomic mass is 9.95. The van der Waals surface area contributed by atoms with E-state index < -0.39 is 0 Å². The Morgan fingerprint density at radius 1 is 0.909 bits per heavy atom. The van der Waals surface area contributed by atoms with E-state index in [9.17, 15) is 9.59 Å². The lowest BCUT2D eigenvalue weighted by Gasteiger charge is -2.31. The van der Waals surface area contributed by atoms with E-state index in [4.69, 9.17) is 23.2 Å². The number of benzene rings is 2. The van der Waals surface area contributed by atoms with Gasteiger partial charge in [-0.3, -0.25) is 9.59 Å². The van der Waals surface area contributed by atoms with Crippen molar-refractivity contribution >= 4 is 46.8 Å². The summed E-state index contributed by atoms with van der Waals surface area (Å²) in [6.45, 7) is 3.61. The van der Waals surface area contributed by atoms with Gasteiger partial charge in [0.1, 0.15) is 0 Å². The molecule has 2 aromatic carbocycles. The molecule has 1 heterocycles. The van der Waals surface area contributed by atoms with Gasteiger partial charge in [0.15, 0.2) is 0 Å². The number of carbonyl (C=O) groups is 2. The Morgan fingerprint density at radius 3 is 2.21 bits per heavy atom. The highest BCUT2D eigenvalue weighted by Crippen LogP contribution is 2.21. The topological polar surface area (TPSA) is 61.4 Å². The number of nitrogens with one attached hydrogen (secondary N) is 2. The summed E-state index contributed by atoms with van der Waals surface area (Å²) in [4.78, 5) is 26.8. The molecule has 33 heavy (non-hydrogen) atoms. The SMILES string of the molecule is O=C(/C=C/c1ccc(Cl)cc1)NCCCCCN1CCC(C(=O)Nc2ccc(Cl)cc2)CC1. The standard InChI is InChI=1S/C26H31Cl2N3O2/c27-22-7-4-20(5-8-22)6-13-25(32)29-16-2-1-3-17-31-18-14-21(15-19-31)26(33)30-24-11-9-23(28)10-12-24/h4-13,21H,1-3,14-19H2,(H,29,32)(H,30,33)/b13-6+. The maximum absolute atomic E-state index is 12.5. The summed E-state index contributed by atoms with van der Waals surface area (Å²) < 4.78 is 0.